The second-order valence-corrected chi connectivity index (χ2v) is 4.80. The Bertz CT molecular complexity index is 590. The quantitative estimate of drug-likeness (QED) is 0.840. The summed E-state index contributed by atoms with van der Waals surface area (Å²) in [5.74, 6) is -0.911. The van der Waals surface area contributed by atoms with Crippen LogP contribution in [0, 0.1) is 5.82 Å². The Balaban J connectivity index is 2.18. The van der Waals surface area contributed by atoms with Gasteiger partial charge in [0.25, 0.3) is 0 Å². The Morgan fingerprint density at radius 3 is 2.10 bits per heavy atom. The molecule has 0 amide bonds. The second kappa shape index (κ2) is 6.26. The van der Waals surface area contributed by atoms with Gasteiger partial charge in [0.2, 0.25) is 0 Å². The van der Waals surface area contributed by atoms with Crippen LogP contribution in [0.1, 0.15) is 22.6 Å². The number of aliphatic hydroxyl groups is 1. The molecule has 0 aromatic heterocycles. The van der Waals surface area contributed by atoms with Crippen LogP contribution in [0.25, 0.3) is 0 Å². The molecule has 0 bridgehead atoms. The molecule has 1 nitrogen and oxygen atoms in total. The molecule has 0 fully saturated rings. The third-order valence-electron chi connectivity index (χ3n) is 3.33. The highest BCUT2D eigenvalue weighted by molar-refractivity contribution is 5.28. The number of alkyl halides is 3. The molecule has 0 aliphatic heterocycles. The van der Waals surface area contributed by atoms with Crippen molar-refractivity contribution in [3.05, 3.63) is 71.0 Å². The van der Waals surface area contributed by atoms with Crippen molar-refractivity contribution in [1.29, 1.82) is 0 Å². The SMILES string of the molecule is OCC(Cc1ccc(C(F)(F)F)cc1)c1ccccc1F. The first-order valence-corrected chi connectivity index (χ1v) is 6.43. The number of benzene rings is 2. The summed E-state index contributed by atoms with van der Waals surface area (Å²) in [6.07, 6.45) is -4.10. The predicted molar refractivity (Wildman–Crippen MR) is 71.4 cm³/mol. The van der Waals surface area contributed by atoms with Crippen molar-refractivity contribution in [2.24, 2.45) is 0 Å². The molecule has 1 N–H and O–H groups in total. The van der Waals surface area contributed by atoms with Gasteiger partial charge in [-0.1, -0.05) is 30.3 Å². The number of rotatable bonds is 4. The number of aliphatic hydroxyl groups excluding tert-OH is 1. The molecule has 1 unspecified atom stereocenters. The zero-order chi connectivity index (χ0) is 15.5. The lowest BCUT2D eigenvalue weighted by Gasteiger charge is -2.16. The Hall–Kier alpha value is -1.88. The molecule has 0 saturated heterocycles. The third-order valence-corrected chi connectivity index (χ3v) is 3.33. The highest BCUT2D eigenvalue weighted by atomic mass is 19.4. The zero-order valence-electron chi connectivity index (χ0n) is 11.1. The summed E-state index contributed by atoms with van der Waals surface area (Å²) in [4.78, 5) is 0. The van der Waals surface area contributed by atoms with Crippen molar-refractivity contribution in [3.63, 3.8) is 0 Å². The second-order valence-electron chi connectivity index (χ2n) is 4.80. The molecule has 0 radical (unpaired) electrons. The summed E-state index contributed by atoms with van der Waals surface area (Å²) in [7, 11) is 0. The molecule has 0 aliphatic rings. The van der Waals surface area contributed by atoms with Crippen molar-refractivity contribution in [3.8, 4) is 0 Å². The van der Waals surface area contributed by atoms with Crippen LogP contribution in [-0.2, 0) is 12.6 Å². The van der Waals surface area contributed by atoms with E-state index < -0.39 is 23.5 Å². The van der Waals surface area contributed by atoms with Gasteiger partial charge in [0.1, 0.15) is 5.82 Å². The predicted octanol–water partition coefficient (Wildman–Crippen LogP) is 4.16. The van der Waals surface area contributed by atoms with E-state index in [4.69, 9.17) is 0 Å². The highest BCUT2D eigenvalue weighted by Crippen LogP contribution is 2.30. The molecule has 21 heavy (non-hydrogen) atoms. The van der Waals surface area contributed by atoms with Gasteiger partial charge in [0.05, 0.1) is 12.2 Å². The van der Waals surface area contributed by atoms with E-state index in [1.807, 2.05) is 0 Å². The fraction of sp³-hybridized carbons (Fsp3) is 0.250. The van der Waals surface area contributed by atoms with E-state index >= 15 is 0 Å². The Morgan fingerprint density at radius 2 is 1.57 bits per heavy atom. The Morgan fingerprint density at radius 1 is 0.952 bits per heavy atom. The summed E-state index contributed by atoms with van der Waals surface area (Å²) < 4.78 is 51.1. The number of hydrogen-bond donors (Lipinski definition) is 1. The van der Waals surface area contributed by atoms with Gasteiger partial charge in [-0.25, -0.2) is 4.39 Å². The fourth-order valence-corrected chi connectivity index (χ4v) is 2.19. The minimum atomic E-state index is -4.37. The Kier molecular flexibility index (Phi) is 4.63. The highest BCUT2D eigenvalue weighted by Gasteiger charge is 2.30. The molecule has 0 spiro atoms. The van der Waals surface area contributed by atoms with E-state index in [0.717, 1.165) is 12.1 Å². The normalized spacial score (nSPS) is 13.2. The molecule has 2 aromatic carbocycles. The van der Waals surface area contributed by atoms with E-state index in [1.54, 1.807) is 18.2 Å². The maximum absolute atomic E-state index is 13.7. The van der Waals surface area contributed by atoms with Crippen LogP contribution in [0.3, 0.4) is 0 Å². The zero-order valence-corrected chi connectivity index (χ0v) is 11.1. The van der Waals surface area contributed by atoms with Crippen LogP contribution in [0.4, 0.5) is 17.6 Å². The average molecular weight is 298 g/mol. The van der Waals surface area contributed by atoms with Gasteiger partial charge in [-0.3, -0.25) is 0 Å². The molecule has 0 heterocycles. The van der Waals surface area contributed by atoms with Crippen LogP contribution in [0.2, 0.25) is 0 Å². The van der Waals surface area contributed by atoms with Crippen molar-refractivity contribution in [1.82, 2.24) is 0 Å². The standard InChI is InChI=1S/C16H14F4O/c17-15-4-2-1-3-14(15)12(10-21)9-11-5-7-13(8-6-11)16(18,19)20/h1-8,12,21H,9-10H2. The van der Waals surface area contributed by atoms with Crippen molar-refractivity contribution in [2.75, 3.05) is 6.61 Å². The largest absolute Gasteiger partial charge is 0.416 e. The lowest BCUT2D eigenvalue weighted by molar-refractivity contribution is -0.137. The van der Waals surface area contributed by atoms with Crippen molar-refractivity contribution in [2.45, 2.75) is 18.5 Å². The van der Waals surface area contributed by atoms with Crippen LogP contribution < -0.4 is 0 Å². The first-order valence-electron chi connectivity index (χ1n) is 6.43. The Labute approximate surface area is 119 Å². The van der Waals surface area contributed by atoms with Crippen LogP contribution in [0.15, 0.2) is 48.5 Å². The van der Waals surface area contributed by atoms with Gasteiger partial charge >= 0.3 is 6.18 Å². The van der Waals surface area contributed by atoms with E-state index in [9.17, 15) is 22.7 Å². The first-order chi connectivity index (χ1) is 9.91. The van der Waals surface area contributed by atoms with Gasteiger partial charge < -0.3 is 5.11 Å². The topological polar surface area (TPSA) is 20.2 Å². The van der Waals surface area contributed by atoms with E-state index in [2.05, 4.69) is 0 Å². The van der Waals surface area contributed by atoms with E-state index in [1.165, 1.54) is 18.2 Å². The van der Waals surface area contributed by atoms with Crippen molar-refractivity contribution >= 4 is 0 Å². The first kappa shape index (κ1) is 15.5. The molecule has 112 valence electrons. The monoisotopic (exact) mass is 298 g/mol. The van der Waals surface area contributed by atoms with Crippen LogP contribution in [-0.4, -0.2) is 11.7 Å². The molecule has 1 atom stereocenters. The molecular weight excluding hydrogens is 284 g/mol. The maximum Gasteiger partial charge on any atom is 0.416 e. The summed E-state index contributed by atoms with van der Waals surface area (Å²) in [5, 5.41) is 9.40. The van der Waals surface area contributed by atoms with Gasteiger partial charge in [-0.15, -0.1) is 0 Å². The third kappa shape index (κ3) is 3.82. The van der Waals surface area contributed by atoms with Crippen LogP contribution >= 0.6 is 0 Å². The lowest BCUT2D eigenvalue weighted by atomic mass is 9.92. The molecule has 2 aromatic rings. The van der Waals surface area contributed by atoms with E-state index in [0.29, 0.717) is 11.1 Å². The number of hydrogen-bond acceptors (Lipinski definition) is 1. The minimum Gasteiger partial charge on any atom is -0.396 e. The lowest BCUT2D eigenvalue weighted by Crippen LogP contribution is -2.10. The van der Waals surface area contributed by atoms with E-state index in [-0.39, 0.29) is 13.0 Å². The molecule has 2 rings (SSSR count). The van der Waals surface area contributed by atoms with Gasteiger partial charge in [-0.2, -0.15) is 13.2 Å². The minimum absolute atomic E-state index is 0.273. The molecule has 5 heteroatoms. The van der Waals surface area contributed by atoms with Gasteiger partial charge in [-0.05, 0) is 35.7 Å². The van der Waals surface area contributed by atoms with Gasteiger partial charge in [0.15, 0.2) is 0 Å². The summed E-state index contributed by atoms with van der Waals surface area (Å²) >= 11 is 0. The summed E-state index contributed by atoms with van der Waals surface area (Å²) in [5.41, 5.74) is 0.253. The molecule has 0 aliphatic carbocycles. The van der Waals surface area contributed by atoms with Crippen LogP contribution in [0.5, 0.6) is 0 Å². The number of halogens is 4. The smallest absolute Gasteiger partial charge is 0.396 e. The van der Waals surface area contributed by atoms with Crippen molar-refractivity contribution < 1.29 is 22.7 Å². The average Bonchev–Trinajstić information content (AvgIpc) is 2.45. The fourth-order valence-electron chi connectivity index (χ4n) is 2.19. The molecular formula is C16H14F4O. The summed E-state index contributed by atoms with van der Waals surface area (Å²) in [6.45, 7) is -0.276. The van der Waals surface area contributed by atoms with Gasteiger partial charge in [0, 0.05) is 5.92 Å². The summed E-state index contributed by atoms with van der Waals surface area (Å²) in [6, 6.07) is 10.8. The molecule has 0 saturated carbocycles. The maximum atomic E-state index is 13.7.